The van der Waals surface area contributed by atoms with E-state index < -0.39 is 8.41 Å². The van der Waals surface area contributed by atoms with Crippen LogP contribution in [0.15, 0.2) is 42.5 Å². The van der Waals surface area contributed by atoms with Gasteiger partial charge in [-0.3, -0.25) is 0 Å². The van der Waals surface area contributed by atoms with Gasteiger partial charge >= 0.3 is 0 Å². The van der Waals surface area contributed by atoms with Crippen LogP contribution in [0.3, 0.4) is 0 Å². The van der Waals surface area contributed by atoms with Crippen molar-refractivity contribution in [3.63, 3.8) is 0 Å². The molecule has 2 heteroatoms. The number of halogens is 1. The first-order chi connectivity index (χ1) is 6.59. The van der Waals surface area contributed by atoms with Crippen molar-refractivity contribution in [1.29, 1.82) is 0 Å². The van der Waals surface area contributed by atoms with Crippen molar-refractivity contribution in [1.82, 2.24) is 0 Å². The summed E-state index contributed by atoms with van der Waals surface area (Å²) >= 11 is 0. The van der Waals surface area contributed by atoms with Gasteiger partial charge in [0.25, 0.3) is 8.41 Å². The van der Waals surface area contributed by atoms with Crippen molar-refractivity contribution in [2.24, 2.45) is 0 Å². The molecular formula is C12H13FSi. The number of hydrogen-bond donors (Lipinski definition) is 0. The maximum atomic E-state index is 14.0. The van der Waals surface area contributed by atoms with Gasteiger partial charge in [0, 0.05) is 0 Å². The van der Waals surface area contributed by atoms with Crippen LogP contribution in [0.5, 0.6) is 0 Å². The van der Waals surface area contributed by atoms with Gasteiger partial charge in [0.05, 0.1) is 0 Å². The zero-order valence-corrected chi connectivity index (χ0v) is 9.42. The number of fused-ring (bicyclic) bond motifs is 1. The zero-order valence-electron chi connectivity index (χ0n) is 8.42. The quantitative estimate of drug-likeness (QED) is 0.494. The van der Waals surface area contributed by atoms with Crippen LogP contribution in [0.2, 0.25) is 13.1 Å². The Bertz CT molecular complexity index is 452. The van der Waals surface area contributed by atoms with Crippen molar-refractivity contribution in [2.75, 3.05) is 0 Å². The second kappa shape index (κ2) is 3.21. The Morgan fingerprint density at radius 2 is 1.57 bits per heavy atom. The fourth-order valence-corrected chi connectivity index (χ4v) is 3.10. The molecule has 2 rings (SSSR count). The van der Waals surface area contributed by atoms with E-state index in [4.69, 9.17) is 0 Å². The lowest BCUT2D eigenvalue weighted by Gasteiger charge is -2.14. The van der Waals surface area contributed by atoms with Crippen LogP contribution in [0.1, 0.15) is 0 Å². The van der Waals surface area contributed by atoms with E-state index in [0.29, 0.717) is 0 Å². The third kappa shape index (κ3) is 1.57. The van der Waals surface area contributed by atoms with E-state index in [9.17, 15) is 4.11 Å². The smallest absolute Gasteiger partial charge is 0.272 e. The van der Waals surface area contributed by atoms with Crippen LogP contribution in [0.25, 0.3) is 10.8 Å². The minimum Gasteiger partial charge on any atom is -0.308 e. The summed E-state index contributed by atoms with van der Waals surface area (Å²) in [5.74, 6) is 0. The Balaban J connectivity index is 2.78. The Morgan fingerprint density at radius 1 is 0.929 bits per heavy atom. The van der Waals surface area contributed by atoms with Gasteiger partial charge in [0.15, 0.2) is 0 Å². The molecule has 72 valence electrons. The van der Waals surface area contributed by atoms with Crippen LogP contribution in [-0.4, -0.2) is 8.41 Å². The molecule has 0 aliphatic heterocycles. The molecule has 0 bridgehead atoms. The molecule has 0 radical (unpaired) electrons. The van der Waals surface area contributed by atoms with Gasteiger partial charge in [-0.2, -0.15) is 0 Å². The average molecular weight is 204 g/mol. The van der Waals surface area contributed by atoms with Gasteiger partial charge in [0.2, 0.25) is 0 Å². The molecule has 0 saturated heterocycles. The van der Waals surface area contributed by atoms with Crippen LogP contribution in [0, 0.1) is 0 Å². The molecule has 0 aromatic heterocycles. The predicted molar refractivity (Wildman–Crippen MR) is 62.2 cm³/mol. The Morgan fingerprint density at radius 3 is 2.29 bits per heavy atom. The summed E-state index contributed by atoms with van der Waals surface area (Å²) < 4.78 is 14.0. The van der Waals surface area contributed by atoms with E-state index in [1.807, 2.05) is 42.5 Å². The topological polar surface area (TPSA) is 0 Å². The molecule has 0 aliphatic carbocycles. The Hall–Kier alpha value is -1.15. The van der Waals surface area contributed by atoms with E-state index in [2.05, 4.69) is 0 Å². The van der Waals surface area contributed by atoms with Gasteiger partial charge < -0.3 is 4.11 Å². The first-order valence-electron chi connectivity index (χ1n) is 4.76. The first kappa shape index (κ1) is 9.40. The second-order valence-corrected chi connectivity index (χ2v) is 7.48. The summed E-state index contributed by atoms with van der Waals surface area (Å²) in [5.41, 5.74) is 0. The maximum Gasteiger partial charge on any atom is 0.272 e. The van der Waals surface area contributed by atoms with Gasteiger partial charge in [-0.1, -0.05) is 42.5 Å². The van der Waals surface area contributed by atoms with E-state index >= 15 is 0 Å². The summed E-state index contributed by atoms with van der Waals surface area (Å²) in [4.78, 5) is 0. The summed E-state index contributed by atoms with van der Waals surface area (Å²) in [5, 5.41) is 3.09. The van der Waals surface area contributed by atoms with Crippen LogP contribution >= 0.6 is 0 Å². The van der Waals surface area contributed by atoms with Gasteiger partial charge in [-0.25, -0.2) is 0 Å². The highest BCUT2D eigenvalue weighted by atomic mass is 28.4. The summed E-state index contributed by atoms with van der Waals surface area (Å²) in [6.45, 7) is 3.46. The molecular weight excluding hydrogens is 191 g/mol. The third-order valence-corrected chi connectivity index (χ3v) is 4.15. The summed E-state index contributed by atoms with van der Waals surface area (Å²) in [6.07, 6.45) is 0. The number of hydrogen-bond acceptors (Lipinski definition) is 0. The molecule has 2 aromatic rings. The largest absolute Gasteiger partial charge is 0.308 e. The monoisotopic (exact) mass is 204 g/mol. The molecule has 0 aliphatic rings. The van der Waals surface area contributed by atoms with Crippen LogP contribution in [0.4, 0.5) is 4.11 Å². The lowest BCUT2D eigenvalue weighted by molar-refractivity contribution is 0.822. The van der Waals surface area contributed by atoms with Crippen molar-refractivity contribution in [3.8, 4) is 0 Å². The van der Waals surface area contributed by atoms with E-state index in [1.54, 1.807) is 13.1 Å². The molecule has 0 unspecified atom stereocenters. The summed E-state index contributed by atoms with van der Waals surface area (Å²) in [7, 11) is -2.70. The standard InChI is InChI=1S/C12H13FSi/c1-14(2,13)12-9-5-7-10-6-3-4-8-11(10)12/h3-9H,1-2H3. The lowest BCUT2D eigenvalue weighted by Crippen LogP contribution is -2.36. The predicted octanol–water partition coefficient (Wildman–Crippen LogP) is 3.22. The van der Waals surface area contributed by atoms with Crippen molar-refractivity contribution >= 4 is 24.4 Å². The van der Waals surface area contributed by atoms with E-state index in [0.717, 1.165) is 16.0 Å². The molecule has 14 heavy (non-hydrogen) atoms. The van der Waals surface area contributed by atoms with Crippen molar-refractivity contribution < 1.29 is 4.11 Å². The van der Waals surface area contributed by atoms with Crippen LogP contribution < -0.4 is 5.19 Å². The van der Waals surface area contributed by atoms with Gasteiger partial charge in [0.1, 0.15) is 0 Å². The van der Waals surface area contributed by atoms with Crippen molar-refractivity contribution in [2.45, 2.75) is 13.1 Å². The van der Waals surface area contributed by atoms with E-state index in [-0.39, 0.29) is 0 Å². The molecule has 0 atom stereocenters. The summed E-state index contributed by atoms with van der Waals surface area (Å²) in [6, 6.07) is 13.8. The average Bonchev–Trinajstić information content (AvgIpc) is 2.15. The third-order valence-electron chi connectivity index (χ3n) is 2.43. The van der Waals surface area contributed by atoms with Crippen molar-refractivity contribution in [3.05, 3.63) is 42.5 Å². The highest BCUT2D eigenvalue weighted by Gasteiger charge is 2.24. The molecule has 2 aromatic carbocycles. The normalized spacial score (nSPS) is 11.9. The highest BCUT2D eigenvalue weighted by Crippen LogP contribution is 2.15. The first-order valence-corrected chi connectivity index (χ1v) is 7.64. The Kier molecular flexibility index (Phi) is 2.15. The molecule has 0 saturated carbocycles. The minimum atomic E-state index is -2.70. The van der Waals surface area contributed by atoms with Gasteiger partial charge in [-0.15, -0.1) is 0 Å². The number of benzene rings is 2. The molecule has 0 nitrogen and oxygen atoms in total. The zero-order chi connectivity index (χ0) is 10.2. The van der Waals surface area contributed by atoms with Crippen LogP contribution in [-0.2, 0) is 0 Å². The minimum absolute atomic E-state index is 0.899. The fraction of sp³-hybridized carbons (Fsp3) is 0.167. The molecule has 0 amide bonds. The van der Waals surface area contributed by atoms with E-state index in [1.165, 1.54) is 0 Å². The molecule has 0 heterocycles. The fourth-order valence-electron chi connectivity index (χ4n) is 1.74. The molecule has 0 N–H and O–H groups in total. The number of rotatable bonds is 1. The highest BCUT2D eigenvalue weighted by molar-refractivity contribution is 6.85. The Labute approximate surface area is 84.6 Å². The molecule has 0 fully saturated rings. The lowest BCUT2D eigenvalue weighted by atomic mass is 10.1. The van der Waals surface area contributed by atoms with Gasteiger partial charge in [-0.05, 0) is 29.1 Å². The second-order valence-electron chi connectivity index (χ2n) is 4.00. The molecule has 0 spiro atoms. The maximum absolute atomic E-state index is 14.0. The SMILES string of the molecule is C[Si](C)(F)c1cccc2ccccc12.